The predicted octanol–water partition coefficient (Wildman–Crippen LogP) is 3.56. The van der Waals surface area contributed by atoms with Crippen LogP contribution in [0, 0.1) is 11.6 Å². The summed E-state index contributed by atoms with van der Waals surface area (Å²) in [5, 5.41) is 2.41. The number of anilines is 2. The van der Waals surface area contributed by atoms with Crippen LogP contribution in [0.5, 0.6) is 0 Å². The van der Waals surface area contributed by atoms with Crippen molar-refractivity contribution in [2.24, 2.45) is 0 Å². The number of nitrogens with two attached hydrogens (primary N) is 1. The molecule has 0 atom stereocenters. The Balaban J connectivity index is 2.23. The second-order valence-corrected chi connectivity index (χ2v) is 4.68. The molecule has 1 amide bonds. The molecule has 0 aromatic heterocycles. The maximum Gasteiger partial charge on any atom is 0.258 e. The van der Waals surface area contributed by atoms with Gasteiger partial charge in [0.15, 0.2) is 0 Å². The summed E-state index contributed by atoms with van der Waals surface area (Å²) >= 11 is 3.00. The summed E-state index contributed by atoms with van der Waals surface area (Å²) in [6.07, 6.45) is 0. The van der Waals surface area contributed by atoms with E-state index in [0.29, 0.717) is 0 Å². The molecule has 3 N–H and O–H groups in total. The van der Waals surface area contributed by atoms with Crippen molar-refractivity contribution in [2.75, 3.05) is 11.1 Å². The Labute approximate surface area is 116 Å². The molecule has 3 nitrogen and oxygen atoms in total. The highest BCUT2D eigenvalue weighted by Gasteiger charge is 2.12. The molecule has 2 aromatic rings. The molecule has 0 saturated heterocycles. The molecule has 0 aliphatic carbocycles. The quantitative estimate of drug-likeness (QED) is 0.829. The van der Waals surface area contributed by atoms with Gasteiger partial charge in [-0.05, 0) is 52.3 Å². The van der Waals surface area contributed by atoms with Gasteiger partial charge in [0.1, 0.15) is 11.6 Å². The smallest absolute Gasteiger partial charge is 0.258 e. The lowest BCUT2D eigenvalue weighted by Crippen LogP contribution is -2.14. The normalized spacial score (nSPS) is 10.3. The highest BCUT2D eigenvalue weighted by molar-refractivity contribution is 9.10. The fraction of sp³-hybridized carbons (Fsp3) is 0. The van der Waals surface area contributed by atoms with Gasteiger partial charge in [-0.15, -0.1) is 0 Å². The maximum atomic E-state index is 13.5. The first-order valence-electron chi connectivity index (χ1n) is 5.29. The summed E-state index contributed by atoms with van der Waals surface area (Å²) in [7, 11) is 0. The van der Waals surface area contributed by atoms with Crippen LogP contribution in [-0.4, -0.2) is 5.91 Å². The Morgan fingerprint density at radius 3 is 2.47 bits per heavy atom. The van der Waals surface area contributed by atoms with Gasteiger partial charge in [-0.2, -0.15) is 0 Å². The molecule has 2 aromatic carbocycles. The predicted molar refractivity (Wildman–Crippen MR) is 72.9 cm³/mol. The monoisotopic (exact) mass is 326 g/mol. The zero-order valence-electron chi connectivity index (χ0n) is 9.58. The van der Waals surface area contributed by atoms with Gasteiger partial charge in [0, 0.05) is 11.4 Å². The van der Waals surface area contributed by atoms with Crippen molar-refractivity contribution in [3.8, 4) is 0 Å². The molecule has 2 rings (SSSR count). The molecule has 0 aliphatic rings. The summed E-state index contributed by atoms with van der Waals surface area (Å²) in [6, 6.07) is 7.83. The van der Waals surface area contributed by atoms with Gasteiger partial charge >= 0.3 is 0 Å². The number of amides is 1. The van der Waals surface area contributed by atoms with Gasteiger partial charge in [0.2, 0.25) is 0 Å². The first-order valence-corrected chi connectivity index (χ1v) is 6.08. The highest BCUT2D eigenvalue weighted by atomic mass is 79.9. The fourth-order valence-electron chi connectivity index (χ4n) is 1.49. The molecule has 19 heavy (non-hydrogen) atoms. The van der Waals surface area contributed by atoms with E-state index < -0.39 is 17.5 Å². The topological polar surface area (TPSA) is 55.1 Å². The van der Waals surface area contributed by atoms with Crippen LogP contribution in [0.15, 0.2) is 40.9 Å². The molecular formula is C13H9BrF2N2O. The van der Waals surface area contributed by atoms with Crippen molar-refractivity contribution >= 4 is 33.2 Å². The van der Waals surface area contributed by atoms with Crippen molar-refractivity contribution in [3.05, 3.63) is 58.1 Å². The molecule has 0 fully saturated rings. The second-order valence-electron chi connectivity index (χ2n) is 3.82. The number of nitrogen functional groups attached to an aromatic ring is 1. The van der Waals surface area contributed by atoms with E-state index in [1.54, 1.807) is 0 Å². The number of carbonyl (C=O) groups excluding carboxylic acids is 1. The Bertz CT molecular complexity index is 647. The molecule has 0 saturated carbocycles. The zero-order chi connectivity index (χ0) is 14.0. The fourth-order valence-corrected chi connectivity index (χ4v) is 1.73. The molecule has 98 valence electrons. The maximum absolute atomic E-state index is 13.5. The molecule has 0 spiro atoms. The lowest BCUT2D eigenvalue weighted by molar-refractivity contribution is 0.102. The van der Waals surface area contributed by atoms with E-state index in [4.69, 9.17) is 5.73 Å². The van der Waals surface area contributed by atoms with Gasteiger partial charge in [0.05, 0.1) is 10.0 Å². The van der Waals surface area contributed by atoms with Gasteiger partial charge < -0.3 is 11.1 Å². The lowest BCUT2D eigenvalue weighted by atomic mass is 10.1. The van der Waals surface area contributed by atoms with Crippen molar-refractivity contribution in [1.29, 1.82) is 0 Å². The van der Waals surface area contributed by atoms with E-state index in [1.165, 1.54) is 24.3 Å². The standard InChI is InChI=1S/C13H9BrF2N2O/c14-10-4-2-8(6-12(10)16)18-13(19)9-3-1-7(17)5-11(9)15/h1-6H,17H2,(H,18,19). The molecule has 0 unspecified atom stereocenters. The Kier molecular flexibility index (Phi) is 3.80. The van der Waals surface area contributed by atoms with Gasteiger partial charge in [-0.25, -0.2) is 8.78 Å². The number of carbonyl (C=O) groups is 1. The average Bonchev–Trinajstić information content (AvgIpc) is 2.33. The third kappa shape index (κ3) is 3.08. The van der Waals surface area contributed by atoms with Crippen LogP contribution in [0.1, 0.15) is 10.4 Å². The van der Waals surface area contributed by atoms with E-state index in [9.17, 15) is 13.6 Å². The molecule has 0 aliphatic heterocycles. The number of hydrogen-bond donors (Lipinski definition) is 2. The van der Waals surface area contributed by atoms with Crippen molar-refractivity contribution in [1.82, 2.24) is 0 Å². The Morgan fingerprint density at radius 1 is 1.11 bits per heavy atom. The first kappa shape index (κ1) is 13.5. The van der Waals surface area contributed by atoms with Crippen LogP contribution in [0.4, 0.5) is 20.2 Å². The molecular weight excluding hydrogens is 318 g/mol. The number of benzene rings is 2. The number of hydrogen-bond acceptors (Lipinski definition) is 2. The van der Waals surface area contributed by atoms with E-state index in [1.807, 2.05) is 0 Å². The van der Waals surface area contributed by atoms with Crippen LogP contribution in [0.2, 0.25) is 0 Å². The first-order chi connectivity index (χ1) is 8.97. The zero-order valence-corrected chi connectivity index (χ0v) is 11.2. The van der Waals surface area contributed by atoms with Gasteiger partial charge in [-0.3, -0.25) is 4.79 Å². The minimum absolute atomic E-state index is 0.155. The van der Waals surface area contributed by atoms with Crippen molar-refractivity contribution in [2.45, 2.75) is 0 Å². The summed E-state index contributed by atoms with van der Waals surface area (Å²) in [5.74, 6) is -1.91. The van der Waals surface area contributed by atoms with Crippen LogP contribution < -0.4 is 11.1 Å². The van der Waals surface area contributed by atoms with E-state index in [0.717, 1.165) is 12.1 Å². The van der Waals surface area contributed by atoms with Crippen molar-refractivity contribution < 1.29 is 13.6 Å². The summed E-state index contributed by atoms with van der Waals surface area (Å²) < 4.78 is 27.1. The second kappa shape index (κ2) is 5.36. The largest absolute Gasteiger partial charge is 0.399 e. The Morgan fingerprint density at radius 2 is 1.84 bits per heavy atom. The highest BCUT2D eigenvalue weighted by Crippen LogP contribution is 2.20. The summed E-state index contributed by atoms with van der Waals surface area (Å²) in [4.78, 5) is 11.8. The molecule has 0 bridgehead atoms. The van der Waals surface area contributed by atoms with Crippen molar-refractivity contribution in [3.63, 3.8) is 0 Å². The molecule has 6 heteroatoms. The SMILES string of the molecule is Nc1ccc(C(=O)Nc2ccc(Br)c(F)c2)c(F)c1. The Hall–Kier alpha value is -1.95. The summed E-state index contributed by atoms with van der Waals surface area (Å²) in [5.41, 5.74) is 5.70. The third-order valence-corrected chi connectivity index (χ3v) is 3.06. The van der Waals surface area contributed by atoms with E-state index in [2.05, 4.69) is 21.2 Å². The van der Waals surface area contributed by atoms with Gasteiger partial charge in [-0.1, -0.05) is 0 Å². The van der Waals surface area contributed by atoms with Crippen LogP contribution >= 0.6 is 15.9 Å². The van der Waals surface area contributed by atoms with E-state index >= 15 is 0 Å². The molecule has 0 radical (unpaired) electrons. The van der Waals surface area contributed by atoms with Crippen LogP contribution in [-0.2, 0) is 0 Å². The number of nitrogens with one attached hydrogen (secondary N) is 1. The number of halogens is 3. The van der Waals surface area contributed by atoms with Crippen LogP contribution in [0.3, 0.4) is 0 Å². The number of rotatable bonds is 2. The minimum Gasteiger partial charge on any atom is -0.399 e. The lowest BCUT2D eigenvalue weighted by Gasteiger charge is -2.07. The minimum atomic E-state index is -0.727. The third-order valence-electron chi connectivity index (χ3n) is 2.42. The van der Waals surface area contributed by atoms with Crippen LogP contribution in [0.25, 0.3) is 0 Å². The average molecular weight is 327 g/mol. The summed E-state index contributed by atoms with van der Waals surface area (Å²) in [6.45, 7) is 0. The van der Waals surface area contributed by atoms with E-state index in [-0.39, 0.29) is 21.4 Å². The van der Waals surface area contributed by atoms with Gasteiger partial charge in [0.25, 0.3) is 5.91 Å². The molecule has 0 heterocycles.